The summed E-state index contributed by atoms with van der Waals surface area (Å²) in [6.07, 6.45) is 0.571. The highest BCUT2D eigenvalue weighted by Gasteiger charge is 2.13. The van der Waals surface area contributed by atoms with Gasteiger partial charge in [-0.1, -0.05) is 15.9 Å². The first kappa shape index (κ1) is 20.8. The zero-order valence-electron chi connectivity index (χ0n) is 15.4. The molecule has 0 saturated heterocycles. The zero-order chi connectivity index (χ0) is 19.1. The molecule has 26 heavy (non-hydrogen) atoms. The maximum Gasteiger partial charge on any atom is 0.193 e. The number of aliphatic imine (C=N–C) groups is 1. The Morgan fingerprint density at radius 2 is 2.27 bits per heavy atom. The van der Waals surface area contributed by atoms with Crippen LogP contribution >= 0.6 is 27.3 Å². The van der Waals surface area contributed by atoms with E-state index in [1.54, 1.807) is 37.6 Å². The third kappa shape index (κ3) is 5.75. The summed E-state index contributed by atoms with van der Waals surface area (Å²) in [5.74, 6) is 0.551. The number of halogens is 2. The standard InChI is InChI=1S/C18H24BrFN4OS/c1-12(25-4)17-23-15(11-26-17)10-24(3)18(21-2)22-8-7-13-9-14(19)5-6-16(13)20/h5-6,9,11-12H,7-8,10H2,1-4H3,(H,21,22). The number of guanidine groups is 1. The molecule has 142 valence electrons. The fourth-order valence-electron chi connectivity index (χ4n) is 2.43. The predicted molar refractivity (Wildman–Crippen MR) is 108 cm³/mol. The number of rotatable bonds is 7. The second-order valence-electron chi connectivity index (χ2n) is 5.87. The number of hydrogen-bond donors (Lipinski definition) is 1. The Hall–Kier alpha value is -1.51. The number of nitrogens with zero attached hydrogens (tertiary/aromatic N) is 3. The lowest BCUT2D eigenvalue weighted by atomic mass is 10.1. The minimum absolute atomic E-state index is 0.00316. The fourth-order valence-corrected chi connectivity index (χ4v) is 3.68. The molecule has 1 atom stereocenters. The SMILES string of the molecule is CN=C(NCCc1cc(Br)ccc1F)N(C)Cc1csc(C(C)OC)n1. The number of hydrogen-bond acceptors (Lipinski definition) is 4. The molecule has 2 rings (SSSR count). The zero-order valence-corrected chi connectivity index (χ0v) is 17.8. The van der Waals surface area contributed by atoms with Crippen LogP contribution in [-0.2, 0) is 17.7 Å². The van der Waals surface area contributed by atoms with E-state index in [9.17, 15) is 4.39 Å². The Morgan fingerprint density at radius 1 is 1.50 bits per heavy atom. The normalized spacial score (nSPS) is 12.9. The molecule has 0 bridgehead atoms. The molecule has 5 nitrogen and oxygen atoms in total. The number of aromatic nitrogens is 1. The van der Waals surface area contributed by atoms with Crippen molar-refractivity contribution >= 4 is 33.2 Å². The smallest absolute Gasteiger partial charge is 0.193 e. The first-order valence-electron chi connectivity index (χ1n) is 8.27. The van der Waals surface area contributed by atoms with Gasteiger partial charge in [-0.15, -0.1) is 11.3 Å². The van der Waals surface area contributed by atoms with Crippen LogP contribution in [0.1, 0.15) is 29.3 Å². The van der Waals surface area contributed by atoms with E-state index in [1.165, 1.54) is 6.07 Å². The summed E-state index contributed by atoms with van der Waals surface area (Å²) >= 11 is 4.97. The summed E-state index contributed by atoms with van der Waals surface area (Å²) in [5, 5.41) is 6.27. The van der Waals surface area contributed by atoms with Gasteiger partial charge in [-0.2, -0.15) is 0 Å². The highest BCUT2D eigenvalue weighted by atomic mass is 79.9. The molecule has 0 aliphatic heterocycles. The topological polar surface area (TPSA) is 49.8 Å². The van der Waals surface area contributed by atoms with E-state index in [4.69, 9.17) is 4.74 Å². The van der Waals surface area contributed by atoms with Gasteiger partial charge in [0.25, 0.3) is 0 Å². The van der Waals surface area contributed by atoms with Crippen molar-refractivity contribution in [2.45, 2.75) is 26.0 Å². The summed E-state index contributed by atoms with van der Waals surface area (Å²) in [6.45, 7) is 3.21. The van der Waals surface area contributed by atoms with Gasteiger partial charge in [0.1, 0.15) is 16.9 Å². The Balaban J connectivity index is 1.89. The largest absolute Gasteiger partial charge is 0.375 e. The number of thiazole rings is 1. The molecule has 0 spiro atoms. The van der Waals surface area contributed by atoms with Crippen molar-refractivity contribution in [3.8, 4) is 0 Å². The third-order valence-corrected chi connectivity index (χ3v) is 5.48. The Labute approximate surface area is 166 Å². The van der Waals surface area contributed by atoms with Crippen molar-refractivity contribution in [1.29, 1.82) is 0 Å². The molecule has 0 aliphatic carbocycles. The minimum atomic E-state index is -0.194. The Bertz CT molecular complexity index is 753. The molecule has 1 heterocycles. The van der Waals surface area contributed by atoms with E-state index >= 15 is 0 Å². The van der Waals surface area contributed by atoms with E-state index in [0.717, 1.165) is 21.1 Å². The van der Waals surface area contributed by atoms with Gasteiger partial charge in [0.2, 0.25) is 0 Å². The lowest BCUT2D eigenvalue weighted by Gasteiger charge is -2.21. The summed E-state index contributed by atoms with van der Waals surface area (Å²) in [6, 6.07) is 4.98. The third-order valence-electron chi connectivity index (χ3n) is 3.93. The predicted octanol–water partition coefficient (Wildman–Crippen LogP) is 4.00. The monoisotopic (exact) mass is 442 g/mol. The number of methoxy groups -OCH3 is 1. The maximum atomic E-state index is 13.8. The first-order chi connectivity index (χ1) is 12.4. The quantitative estimate of drug-likeness (QED) is 0.519. The van der Waals surface area contributed by atoms with Gasteiger partial charge in [-0.25, -0.2) is 9.37 Å². The summed E-state index contributed by atoms with van der Waals surface area (Å²) in [5.41, 5.74) is 1.64. The van der Waals surface area contributed by atoms with E-state index in [2.05, 4.69) is 31.2 Å². The first-order valence-corrected chi connectivity index (χ1v) is 9.94. The van der Waals surface area contributed by atoms with Crippen molar-refractivity contribution in [2.75, 3.05) is 27.7 Å². The Morgan fingerprint density at radius 3 is 2.96 bits per heavy atom. The second kappa shape index (κ2) is 9.99. The van der Waals surface area contributed by atoms with Gasteiger partial charge in [-0.3, -0.25) is 4.99 Å². The van der Waals surface area contributed by atoms with Gasteiger partial charge in [0.15, 0.2) is 5.96 Å². The van der Waals surface area contributed by atoms with Gasteiger partial charge in [-0.05, 0) is 37.1 Å². The van der Waals surface area contributed by atoms with Crippen LogP contribution in [0.4, 0.5) is 4.39 Å². The fraction of sp³-hybridized carbons (Fsp3) is 0.444. The van der Waals surface area contributed by atoms with E-state index in [1.807, 2.05) is 24.3 Å². The van der Waals surface area contributed by atoms with E-state index in [-0.39, 0.29) is 11.9 Å². The average molecular weight is 443 g/mol. The number of nitrogens with one attached hydrogen (secondary N) is 1. The van der Waals surface area contributed by atoms with Gasteiger partial charge in [0, 0.05) is 37.6 Å². The molecule has 8 heteroatoms. The average Bonchev–Trinajstić information content (AvgIpc) is 3.09. The maximum absolute atomic E-state index is 13.8. The van der Waals surface area contributed by atoms with Crippen LogP contribution in [0.2, 0.25) is 0 Å². The summed E-state index contributed by atoms with van der Waals surface area (Å²) < 4.78 is 20.0. The van der Waals surface area contributed by atoms with Gasteiger partial charge in [0.05, 0.1) is 12.2 Å². The lowest BCUT2D eigenvalue weighted by Crippen LogP contribution is -2.39. The molecule has 0 radical (unpaired) electrons. The van der Waals surface area contributed by atoms with Crippen molar-refractivity contribution < 1.29 is 9.13 Å². The molecule has 0 saturated carbocycles. The molecule has 1 aromatic heterocycles. The highest BCUT2D eigenvalue weighted by Crippen LogP contribution is 2.21. The Kier molecular flexibility index (Phi) is 7.99. The van der Waals surface area contributed by atoms with Crippen LogP contribution in [0, 0.1) is 5.82 Å². The molecule has 0 fully saturated rings. The van der Waals surface area contributed by atoms with Crippen LogP contribution < -0.4 is 5.32 Å². The van der Waals surface area contributed by atoms with Gasteiger partial charge < -0.3 is 15.0 Å². The van der Waals surface area contributed by atoms with Crippen LogP contribution in [-0.4, -0.2) is 43.6 Å². The number of ether oxygens (including phenoxy) is 1. The van der Waals surface area contributed by atoms with Crippen molar-refractivity contribution in [3.05, 3.63) is 50.1 Å². The van der Waals surface area contributed by atoms with Crippen LogP contribution in [0.5, 0.6) is 0 Å². The summed E-state index contributed by atoms with van der Waals surface area (Å²) in [7, 11) is 5.36. The van der Waals surface area contributed by atoms with Crippen LogP contribution in [0.15, 0.2) is 33.0 Å². The molecule has 0 amide bonds. The molecule has 1 aromatic carbocycles. The molecule has 1 unspecified atom stereocenters. The molecule has 0 aliphatic rings. The van der Waals surface area contributed by atoms with Crippen molar-refractivity contribution in [3.63, 3.8) is 0 Å². The molecule has 2 aromatic rings. The molecule has 1 N–H and O–H groups in total. The lowest BCUT2D eigenvalue weighted by molar-refractivity contribution is 0.119. The number of benzene rings is 1. The van der Waals surface area contributed by atoms with Crippen LogP contribution in [0.3, 0.4) is 0 Å². The molecular formula is C18H24BrFN4OS. The van der Waals surface area contributed by atoms with Crippen LogP contribution in [0.25, 0.3) is 0 Å². The highest BCUT2D eigenvalue weighted by molar-refractivity contribution is 9.10. The second-order valence-corrected chi connectivity index (χ2v) is 7.68. The van der Waals surface area contributed by atoms with Gasteiger partial charge >= 0.3 is 0 Å². The van der Waals surface area contributed by atoms with Crippen molar-refractivity contribution in [1.82, 2.24) is 15.2 Å². The van der Waals surface area contributed by atoms with Crippen molar-refractivity contribution in [2.24, 2.45) is 4.99 Å². The van der Waals surface area contributed by atoms with E-state index in [0.29, 0.717) is 25.1 Å². The molecular weight excluding hydrogens is 419 g/mol. The van der Waals surface area contributed by atoms with E-state index < -0.39 is 0 Å². The summed E-state index contributed by atoms with van der Waals surface area (Å²) in [4.78, 5) is 10.9. The minimum Gasteiger partial charge on any atom is -0.375 e.